The van der Waals surface area contributed by atoms with Crippen molar-refractivity contribution in [2.24, 2.45) is 0 Å². The van der Waals surface area contributed by atoms with Gasteiger partial charge in [-0.3, -0.25) is 4.79 Å². The molecule has 0 unspecified atom stereocenters. The largest absolute Gasteiger partial charge is 0.471 e. The number of aromatic nitrogens is 4. The molecule has 0 fully saturated rings. The molecule has 0 aliphatic heterocycles. The van der Waals surface area contributed by atoms with Gasteiger partial charge in [-0.1, -0.05) is 6.07 Å². The lowest BCUT2D eigenvalue weighted by molar-refractivity contribution is 0.0780. The average Bonchev–Trinajstić information content (AvgIpc) is 3.07. The van der Waals surface area contributed by atoms with Crippen molar-refractivity contribution >= 4 is 11.6 Å². The third-order valence-electron chi connectivity index (χ3n) is 3.73. The number of anilines is 1. The number of halogens is 2. The number of aromatic amines is 1. The molecule has 0 aliphatic rings. The zero-order chi connectivity index (χ0) is 19.4. The van der Waals surface area contributed by atoms with E-state index in [1.807, 2.05) is 0 Å². The van der Waals surface area contributed by atoms with Crippen molar-refractivity contribution < 1.29 is 18.3 Å². The Labute approximate surface area is 151 Å². The first-order chi connectivity index (χ1) is 13.0. The van der Waals surface area contributed by atoms with E-state index in [0.717, 1.165) is 0 Å². The van der Waals surface area contributed by atoms with Crippen LogP contribution in [0.3, 0.4) is 0 Å². The molecule has 2 heterocycles. The minimum Gasteiger partial charge on any atom is -0.471 e. The second-order valence-electron chi connectivity index (χ2n) is 5.49. The van der Waals surface area contributed by atoms with Gasteiger partial charge in [0.15, 0.2) is 6.61 Å². The highest BCUT2D eigenvalue weighted by Gasteiger charge is 2.17. The van der Waals surface area contributed by atoms with Crippen LogP contribution >= 0.6 is 0 Å². The van der Waals surface area contributed by atoms with Gasteiger partial charge in [-0.05, 0) is 36.8 Å². The molecule has 0 bridgehead atoms. The maximum atomic E-state index is 12.6. The van der Waals surface area contributed by atoms with Gasteiger partial charge in [-0.25, -0.2) is 28.2 Å². The number of hydrogen-bond donors (Lipinski definition) is 2. The van der Waals surface area contributed by atoms with Crippen LogP contribution in [0.25, 0.3) is 5.69 Å². The Balaban J connectivity index is 1.88. The first-order valence-corrected chi connectivity index (χ1v) is 7.86. The number of amides is 1. The molecule has 8 nitrogen and oxygen atoms in total. The lowest BCUT2D eigenvalue weighted by Gasteiger charge is -2.14. The Morgan fingerprint density at radius 1 is 1.33 bits per heavy atom. The van der Waals surface area contributed by atoms with Crippen molar-refractivity contribution in [3.63, 3.8) is 0 Å². The van der Waals surface area contributed by atoms with Gasteiger partial charge in [-0.15, -0.1) is 0 Å². The maximum absolute atomic E-state index is 12.6. The predicted molar refractivity (Wildman–Crippen MR) is 92.6 cm³/mol. The topological polar surface area (TPSA) is 102 Å². The number of ether oxygens (including phenoxy) is 1. The van der Waals surface area contributed by atoms with Crippen LogP contribution in [0.2, 0.25) is 0 Å². The van der Waals surface area contributed by atoms with Gasteiger partial charge in [0.1, 0.15) is 11.9 Å². The van der Waals surface area contributed by atoms with Gasteiger partial charge < -0.3 is 10.1 Å². The van der Waals surface area contributed by atoms with E-state index in [-0.39, 0.29) is 11.4 Å². The summed E-state index contributed by atoms with van der Waals surface area (Å²) in [6.07, 6.45) is -0.0160. The summed E-state index contributed by atoms with van der Waals surface area (Å²) in [5.41, 5.74) is 1.19. The normalized spacial score (nSPS) is 10.8. The lowest BCUT2D eigenvalue weighted by atomic mass is 10.1. The Bertz CT molecular complexity index is 1020. The fourth-order valence-corrected chi connectivity index (χ4v) is 2.45. The van der Waals surface area contributed by atoms with Crippen molar-refractivity contribution in [1.29, 1.82) is 0 Å². The van der Waals surface area contributed by atoms with Gasteiger partial charge in [0.2, 0.25) is 5.88 Å². The van der Waals surface area contributed by atoms with E-state index in [4.69, 9.17) is 4.74 Å². The zero-order valence-corrected chi connectivity index (χ0v) is 14.1. The fourth-order valence-electron chi connectivity index (χ4n) is 2.45. The molecule has 0 spiro atoms. The monoisotopic (exact) mass is 375 g/mol. The van der Waals surface area contributed by atoms with Crippen LogP contribution in [0.4, 0.5) is 14.5 Å². The molecule has 0 saturated carbocycles. The first-order valence-electron chi connectivity index (χ1n) is 7.86. The van der Waals surface area contributed by atoms with Crippen LogP contribution in [-0.2, 0) is 0 Å². The van der Waals surface area contributed by atoms with Crippen LogP contribution in [0, 0.1) is 6.92 Å². The summed E-state index contributed by atoms with van der Waals surface area (Å²) in [5.74, 6) is -0.762. The predicted octanol–water partition coefficient (Wildman–Crippen LogP) is 2.16. The number of H-pyrrole nitrogens is 1. The summed E-state index contributed by atoms with van der Waals surface area (Å²) in [4.78, 5) is 28.2. The molecule has 10 heteroatoms. The quantitative estimate of drug-likeness (QED) is 0.687. The third-order valence-corrected chi connectivity index (χ3v) is 3.73. The summed E-state index contributed by atoms with van der Waals surface area (Å²) >= 11 is 0. The number of nitrogens with zero attached hydrogens (tertiary/aromatic N) is 3. The van der Waals surface area contributed by atoms with E-state index >= 15 is 0 Å². The molecule has 3 aromatic rings. The van der Waals surface area contributed by atoms with Crippen molar-refractivity contribution in [3.8, 4) is 11.6 Å². The molecule has 1 amide bonds. The number of nitrogens with one attached hydrogen (secondary N) is 2. The number of alkyl halides is 2. The number of hydrogen-bond acceptors (Lipinski definition) is 5. The smallest absolute Gasteiger partial charge is 0.347 e. The summed E-state index contributed by atoms with van der Waals surface area (Å²) in [6, 6.07) is 7.93. The summed E-state index contributed by atoms with van der Waals surface area (Å²) in [6.45, 7) is 0.858. The van der Waals surface area contributed by atoms with Crippen LogP contribution < -0.4 is 15.7 Å². The Hall–Kier alpha value is -3.56. The highest BCUT2D eigenvalue weighted by Crippen LogP contribution is 2.23. The van der Waals surface area contributed by atoms with E-state index in [2.05, 4.69) is 20.5 Å². The van der Waals surface area contributed by atoms with Crippen LogP contribution in [0.5, 0.6) is 5.88 Å². The number of carbonyl (C=O) groups excluding carboxylic acids is 1. The molecule has 0 aliphatic carbocycles. The number of rotatable bonds is 6. The van der Waals surface area contributed by atoms with Crippen LogP contribution in [0.1, 0.15) is 15.9 Å². The van der Waals surface area contributed by atoms with Gasteiger partial charge >= 0.3 is 5.69 Å². The van der Waals surface area contributed by atoms with Crippen molar-refractivity contribution in [1.82, 2.24) is 19.7 Å². The standard InChI is InChI=1S/C17H15F2N5O3/c1-10-12(5-2-6-13(10)24-9-21-23-17(24)26)22-15(25)11-4-3-7-20-16(11)27-8-14(18)19/h2-7,9,14H,8H2,1H3,(H,22,25)(H,23,26). The molecular weight excluding hydrogens is 360 g/mol. The highest BCUT2D eigenvalue weighted by atomic mass is 19.3. The molecule has 0 atom stereocenters. The first kappa shape index (κ1) is 18.2. The summed E-state index contributed by atoms with van der Waals surface area (Å²) < 4.78 is 31.0. The molecule has 1 aromatic carbocycles. The van der Waals surface area contributed by atoms with E-state index in [9.17, 15) is 18.4 Å². The minimum atomic E-state index is -2.69. The lowest BCUT2D eigenvalue weighted by Crippen LogP contribution is -2.18. The average molecular weight is 375 g/mol. The van der Waals surface area contributed by atoms with Crippen molar-refractivity contribution in [3.05, 3.63) is 64.5 Å². The second-order valence-corrected chi connectivity index (χ2v) is 5.49. The molecule has 3 rings (SSSR count). The van der Waals surface area contributed by atoms with E-state index in [1.165, 1.54) is 29.2 Å². The molecule has 2 N–H and O–H groups in total. The summed E-state index contributed by atoms with van der Waals surface area (Å²) in [5, 5.41) is 8.65. The van der Waals surface area contributed by atoms with Crippen LogP contribution in [-0.4, -0.2) is 38.7 Å². The van der Waals surface area contributed by atoms with E-state index in [1.54, 1.807) is 25.1 Å². The number of carbonyl (C=O) groups is 1. The maximum Gasteiger partial charge on any atom is 0.347 e. The zero-order valence-electron chi connectivity index (χ0n) is 14.1. The van der Waals surface area contributed by atoms with E-state index in [0.29, 0.717) is 16.9 Å². The van der Waals surface area contributed by atoms with Gasteiger partial charge in [0, 0.05) is 11.9 Å². The molecule has 0 saturated heterocycles. The fraction of sp³-hybridized carbons (Fsp3) is 0.176. The van der Waals surface area contributed by atoms with Gasteiger partial charge in [-0.2, -0.15) is 5.10 Å². The number of pyridine rings is 1. The molecule has 140 valence electrons. The van der Waals surface area contributed by atoms with Crippen LogP contribution in [0.15, 0.2) is 47.7 Å². The highest BCUT2D eigenvalue weighted by molar-refractivity contribution is 6.06. The SMILES string of the molecule is Cc1c(NC(=O)c2cccnc2OCC(F)F)cccc1-n1cn[nH]c1=O. The van der Waals surface area contributed by atoms with Gasteiger partial charge in [0.05, 0.1) is 5.69 Å². The van der Waals surface area contributed by atoms with Gasteiger partial charge in [0.25, 0.3) is 12.3 Å². The van der Waals surface area contributed by atoms with E-state index < -0.39 is 24.6 Å². The molecular formula is C17H15F2N5O3. The molecule has 27 heavy (non-hydrogen) atoms. The molecule has 0 radical (unpaired) electrons. The molecule has 2 aromatic heterocycles. The van der Waals surface area contributed by atoms with Crippen molar-refractivity contribution in [2.45, 2.75) is 13.3 Å². The Morgan fingerprint density at radius 3 is 2.85 bits per heavy atom. The second kappa shape index (κ2) is 7.77. The minimum absolute atomic E-state index is 0.0171. The van der Waals surface area contributed by atoms with Crippen molar-refractivity contribution in [2.75, 3.05) is 11.9 Å². The summed E-state index contributed by atoms with van der Waals surface area (Å²) in [7, 11) is 0. The third kappa shape index (κ3) is 4.00. The Morgan fingerprint density at radius 2 is 2.15 bits per heavy atom. The number of benzene rings is 1. The Kier molecular flexibility index (Phi) is 5.25.